The summed E-state index contributed by atoms with van der Waals surface area (Å²) < 4.78 is 5.62. The van der Waals surface area contributed by atoms with Crippen molar-refractivity contribution in [2.45, 2.75) is 51.7 Å². The van der Waals surface area contributed by atoms with Crippen LogP contribution >= 0.6 is 0 Å². The highest BCUT2D eigenvalue weighted by Crippen LogP contribution is 2.15. The fraction of sp³-hybridized carbons (Fsp3) is 1.00. The van der Waals surface area contributed by atoms with Gasteiger partial charge in [-0.25, -0.2) is 0 Å². The first-order valence-corrected chi connectivity index (χ1v) is 6.52. The Morgan fingerprint density at radius 1 is 1.31 bits per heavy atom. The van der Waals surface area contributed by atoms with Gasteiger partial charge in [0.05, 0.1) is 6.10 Å². The second-order valence-electron chi connectivity index (χ2n) is 5.90. The molecule has 0 aromatic heterocycles. The van der Waals surface area contributed by atoms with Crippen LogP contribution in [0.2, 0.25) is 0 Å². The number of hydrogen-bond donors (Lipinski definition) is 1. The average Bonchev–Trinajstić information content (AvgIpc) is 2.65. The zero-order valence-electron chi connectivity index (χ0n) is 11.4. The third-order valence-electron chi connectivity index (χ3n) is 3.01. The predicted molar refractivity (Wildman–Crippen MR) is 68.8 cm³/mol. The molecule has 0 aromatic rings. The molecule has 1 heterocycles. The van der Waals surface area contributed by atoms with Crippen LogP contribution in [0.4, 0.5) is 0 Å². The van der Waals surface area contributed by atoms with E-state index in [0.717, 1.165) is 26.2 Å². The summed E-state index contributed by atoms with van der Waals surface area (Å²) in [6.45, 7) is 10.9. The lowest BCUT2D eigenvalue weighted by atomic mass is 10.1. The zero-order valence-corrected chi connectivity index (χ0v) is 11.4. The van der Waals surface area contributed by atoms with E-state index in [4.69, 9.17) is 4.74 Å². The van der Waals surface area contributed by atoms with Crippen molar-refractivity contribution in [3.05, 3.63) is 0 Å². The molecule has 96 valence electrons. The molecule has 0 bridgehead atoms. The van der Waals surface area contributed by atoms with Crippen molar-refractivity contribution >= 4 is 0 Å². The Hall–Kier alpha value is -0.120. The zero-order chi connectivity index (χ0) is 12.0. The van der Waals surface area contributed by atoms with Gasteiger partial charge in [-0.05, 0) is 47.1 Å². The topological polar surface area (TPSA) is 24.5 Å². The summed E-state index contributed by atoms with van der Waals surface area (Å²) in [6.07, 6.45) is 4.22. The highest BCUT2D eigenvalue weighted by molar-refractivity contribution is 4.71. The lowest BCUT2D eigenvalue weighted by molar-refractivity contribution is 0.0950. The fourth-order valence-electron chi connectivity index (χ4n) is 1.97. The molecule has 1 aliphatic heterocycles. The second-order valence-corrected chi connectivity index (χ2v) is 5.90. The van der Waals surface area contributed by atoms with E-state index in [1.54, 1.807) is 0 Å². The van der Waals surface area contributed by atoms with Gasteiger partial charge in [0, 0.05) is 31.8 Å². The molecule has 16 heavy (non-hydrogen) atoms. The molecule has 1 unspecified atom stereocenters. The Bertz CT molecular complexity index is 183. The monoisotopic (exact) mass is 228 g/mol. The van der Waals surface area contributed by atoms with Crippen molar-refractivity contribution in [3.8, 4) is 0 Å². The van der Waals surface area contributed by atoms with Gasteiger partial charge in [0.1, 0.15) is 0 Å². The lowest BCUT2D eigenvalue weighted by Gasteiger charge is -2.24. The van der Waals surface area contributed by atoms with E-state index < -0.39 is 0 Å². The fourth-order valence-corrected chi connectivity index (χ4v) is 1.97. The van der Waals surface area contributed by atoms with Crippen LogP contribution in [0, 0.1) is 0 Å². The Morgan fingerprint density at radius 2 is 2.06 bits per heavy atom. The van der Waals surface area contributed by atoms with Crippen LogP contribution in [-0.2, 0) is 4.74 Å². The van der Waals surface area contributed by atoms with Crippen molar-refractivity contribution in [1.82, 2.24) is 10.2 Å². The first-order valence-electron chi connectivity index (χ1n) is 6.52. The van der Waals surface area contributed by atoms with Gasteiger partial charge in [-0.2, -0.15) is 0 Å². The second kappa shape index (κ2) is 6.58. The molecule has 1 rings (SSSR count). The third-order valence-corrected chi connectivity index (χ3v) is 3.01. The normalized spacial score (nSPS) is 21.9. The van der Waals surface area contributed by atoms with Crippen molar-refractivity contribution < 1.29 is 4.74 Å². The molecule has 0 amide bonds. The Balaban J connectivity index is 2.00. The first kappa shape index (κ1) is 13.9. The van der Waals surface area contributed by atoms with Gasteiger partial charge in [-0.3, -0.25) is 0 Å². The predicted octanol–water partition coefficient (Wildman–Crippen LogP) is 1.88. The van der Waals surface area contributed by atoms with E-state index in [0.29, 0.717) is 6.10 Å². The maximum Gasteiger partial charge on any atom is 0.0588 e. The van der Waals surface area contributed by atoms with Crippen molar-refractivity contribution in [2.75, 3.05) is 33.3 Å². The van der Waals surface area contributed by atoms with Gasteiger partial charge in [-0.15, -0.1) is 0 Å². The minimum atomic E-state index is 0.232. The van der Waals surface area contributed by atoms with E-state index in [-0.39, 0.29) is 5.54 Å². The van der Waals surface area contributed by atoms with E-state index in [1.165, 1.54) is 19.3 Å². The molecule has 3 heteroatoms. The van der Waals surface area contributed by atoms with Crippen LogP contribution in [0.3, 0.4) is 0 Å². The van der Waals surface area contributed by atoms with Gasteiger partial charge < -0.3 is 15.0 Å². The molecule has 0 radical (unpaired) electrons. The largest absolute Gasteiger partial charge is 0.378 e. The third kappa shape index (κ3) is 6.46. The number of nitrogens with one attached hydrogen (secondary N) is 1. The van der Waals surface area contributed by atoms with Crippen LogP contribution < -0.4 is 5.32 Å². The molecule has 1 saturated heterocycles. The number of likely N-dealkylation sites (N-methyl/N-ethyl adjacent to an activating group) is 1. The van der Waals surface area contributed by atoms with Crippen molar-refractivity contribution in [3.63, 3.8) is 0 Å². The quantitative estimate of drug-likeness (QED) is 0.751. The van der Waals surface area contributed by atoms with E-state index >= 15 is 0 Å². The van der Waals surface area contributed by atoms with Gasteiger partial charge in [0.2, 0.25) is 0 Å². The summed E-state index contributed by atoms with van der Waals surface area (Å²) in [5, 5.41) is 3.51. The number of ether oxygens (including phenoxy) is 1. The van der Waals surface area contributed by atoms with Gasteiger partial charge in [0.15, 0.2) is 0 Å². The molecule has 0 aliphatic carbocycles. The molecule has 1 N–H and O–H groups in total. The van der Waals surface area contributed by atoms with Crippen LogP contribution in [0.1, 0.15) is 40.0 Å². The smallest absolute Gasteiger partial charge is 0.0588 e. The highest BCUT2D eigenvalue weighted by atomic mass is 16.5. The summed E-state index contributed by atoms with van der Waals surface area (Å²) in [5.74, 6) is 0. The van der Waals surface area contributed by atoms with E-state index in [1.807, 2.05) is 0 Å². The standard InChI is InChI=1S/C13H28N2O/c1-13(2,3)14-8-10-15(4)9-7-12-6-5-11-16-12/h12,14H,5-11H2,1-4H3. The van der Waals surface area contributed by atoms with Crippen LogP contribution in [0.25, 0.3) is 0 Å². The number of nitrogens with zero attached hydrogens (tertiary/aromatic N) is 1. The van der Waals surface area contributed by atoms with Crippen LogP contribution in [-0.4, -0.2) is 49.8 Å². The van der Waals surface area contributed by atoms with Crippen molar-refractivity contribution in [2.24, 2.45) is 0 Å². The maximum absolute atomic E-state index is 5.62. The van der Waals surface area contributed by atoms with Gasteiger partial charge >= 0.3 is 0 Å². The summed E-state index contributed by atoms with van der Waals surface area (Å²) in [4.78, 5) is 2.39. The summed E-state index contributed by atoms with van der Waals surface area (Å²) in [7, 11) is 2.19. The number of hydrogen-bond acceptors (Lipinski definition) is 3. The van der Waals surface area contributed by atoms with Gasteiger partial charge in [0.25, 0.3) is 0 Å². The molecule has 0 aromatic carbocycles. The Labute approximate surface area is 101 Å². The lowest BCUT2D eigenvalue weighted by Crippen LogP contribution is -2.41. The molecule has 1 fully saturated rings. The summed E-state index contributed by atoms with van der Waals surface area (Å²) in [6, 6.07) is 0. The van der Waals surface area contributed by atoms with Crippen LogP contribution in [0.15, 0.2) is 0 Å². The molecule has 0 spiro atoms. The van der Waals surface area contributed by atoms with Crippen molar-refractivity contribution in [1.29, 1.82) is 0 Å². The van der Waals surface area contributed by atoms with Crippen LogP contribution in [0.5, 0.6) is 0 Å². The Kier molecular flexibility index (Phi) is 5.73. The summed E-state index contributed by atoms with van der Waals surface area (Å²) in [5.41, 5.74) is 0.232. The Morgan fingerprint density at radius 3 is 2.62 bits per heavy atom. The summed E-state index contributed by atoms with van der Waals surface area (Å²) >= 11 is 0. The highest BCUT2D eigenvalue weighted by Gasteiger charge is 2.15. The maximum atomic E-state index is 5.62. The first-order chi connectivity index (χ1) is 7.47. The molecule has 0 saturated carbocycles. The molecule has 1 atom stereocenters. The molecule has 3 nitrogen and oxygen atoms in total. The SMILES string of the molecule is CN(CCNC(C)(C)C)CCC1CCCO1. The average molecular weight is 228 g/mol. The van der Waals surface area contributed by atoms with E-state index in [9.17, 15) is 0 Å². The molecular formula is C13H28N2O. The minimum Gasteiger partial charge on any atom is -0.378 e. The van der Waals surface area contributed by atoms with Gasteiger partial charge in [-0.1, -0.05) is 0 Å². The molecule has 1 aliphatic rings. The number of rotatable bonds is 6. The minimum absolute atomic E-state index is 0.232. The molecular weight excluding hydrogens is 200 g/mol. The van der Waals surface area contributed by atoms with E-state index in [2.05, 4.69) is 38.0 Å².